The average molecular weight is 301 g/mol. The zero-order valence-electron chi connectivity index (χ0n) is 12.4. The van der Waals surface area contributed by atoms with E-state index >= 15 is 0 Å². The number of rotatable bonds is 3. The molecule has 2 N–H and O–H groups in total. The molecule has 0 amide bonds. The van der Waals surface area contributed by atoms with E-state index in [0.717, 1.165) is 33.4 Å². The van der Waals surface area contributed by atoms with E-state index in [0.29, 0.717) is 0 Å². The topological polar surface area (TPSA) is 64.9 Å². The van der Waals surface area contributed by atoms with Crippen molar-refractivity contribution >= 4 is 11.0 Å². The van der Waals surface area contributed by atoms with Crippen molar-refractivity contribution in [3.8, 4) is 11.1 Å². The zero-order chi connectivity index (χ0) is 15.6. The molecule has 1 unspecified atom stereocenters. The Hall–Kier alpha value is -2.98. The van der Waals surface area contributed by atoms with Gasteiger partial charge in [-0.25, -0.2) is 0 Å². The highest BCUT2D eigenvalue weighted by molar-refractivity contribution is 5.85. The minimum absolute atomic E-state index is 0.332. The van der Waals surface area contributed by atoms with Gasteiger partial charge in [0, 0.05) is 17.8 Å². The molecular weight excluding hydrogens is 286 g/mol. The van der Waals surface area contributed by atoms with Gasteiger partial charge in [-0.3, -0.25) is 4.98 Å². The first-order valence-electron chi connectivity index (χ1n) is 7.43. The first-order chi connectivity index (χ1) is 11.3. The normalized spacial score (nSPS) is 12.4. The van der Waals surface area contributed by atoms with E-state index in [-0.39, 0.29) is 6.04 Å². The summed E-state index contributed by atoms with van der Waals surface area (Å²) in [7, 11) is 0. The Morgan fingerprint density at radius 3 is 2.43 bits per heavy atom. The molecule has 4 heteroatoms. The minimum Gasteiger partial charge on any atom is -0.356 e. The van der Waals surface area contributed by atoms with Crippen LogP contribution in [-0.2, 0) is 0 Å². The van der Waals surface area contributed by atoms with Crippen LogP contribution in [0.1, 0.15) is 17.3 Å². The maximum Gasteiger partial charge on any atom is 0.167 e. The lowest BCUT2D eigenvalue weighted by Gasteiger charge is -2.08. The molecule has 0 aliphatic rings. The molecule has 2 aromatic carbocycles. The Morgan fingerprint density at radius 1 is 0.870 bits per heavy atom. The number of hydrogen-bond acceptors (Lipinski definition) is 4. The number of aromatic nitrogens is 2. The molecule has 23 heavy (non-hydrogen) atoms. The third kappa shape index (κ3) is 2.49. The number of nitrogens with two attached hydrogens (primary N) is 1. The van der Waals surface area contributed by atoms with Crippen LogP contribution in [-0.4, -0.2) is 10.1 Å². The molecule has 0 saturated carbocycles. The molecule has 0 saturated heterocycles. The van der Waals surface area contributed by atoms with Gasteiger partial charge in [0.2, 0.25) is 0 Å². The van der Waals surface area contributed by atoms with Gasteiger partial charge < -0.3 is 10.3 Å². The number of pyridine rings is 1. The smallest absolute Gasteiger partial charge is 0.167 e. The molecule has 4 rings (SSSR count). The van der Waals surface area contributed by atoms with Crippen molar-refractivity contribution in [2.24, 2.45) is 5.73 Å². The highest BCUT2D eigenvalue weighted by atomic mass is 16.5. The molecule has 1 atom stereocenters. The Balaban J connectivity index is 1.76. The van der Waals surface area contributed by atoms with Crippen LogP contribution in [0.2, 0.25) is 0 Å². The number of benzene rings is 2. The molecule has 0 radical (unpaired) electrons. The lowest BCUT2D eigenvalue weighted by Crippen LogP contribution is -2.12. The Bertz CT molecular complexity index is 933. The van der Waals surface area contributed by atoms with Crippen molar-refractivity contribution in [1.82, 2.24) is 10.1 Å². The summed E-state index contributed by atoms with van der Waals surface area (Å²) >= 11 is 0. The van der Waals surface area contributed by atoms with E-state index in [9.17, 15) is 0 Å². The summed E-state index contributed by atoms with van der Waals surface area (Å²) in [5.41, 5.74) is 11.0. The number of hydrogen-bond donors (Lipinski definition) is 1. The summed E-state index contributed by atoms with van der Waals surface area (Å²) in [4.78, 5) is 4.02. The summed E-state index contributed by atoms with van der Waals surface area (Å²) in [6, 6.07) is 19.7. The van der Waals surface area contributed by atoms with Crippen molar-refractivity contribution in [3.05, 3.63) is 84.3 Å². The van der Waals surface area contributed by atoms with Crippen LogP contribution in [0, 0.1) is 0 Å². The van der Waals surface area contributed by atoms with Crippen LogP contribution >= 0.6 is 0 Å². The van der Waals surface area contributed by atoms with Crippen molar-refractivity contribution in [2.45, 2.75) is 6.04 Å². The molecule has 0 spiro atoms. The SMILES string of the molecule is NC(c1ccncc1)c1noc2cc(-c3ccccc3)ccc12. The van der Waals surface area contributed by atoms with Crippen LogP contribution in [0.25, 0.3) is 22.1 Å². The summed E-state index contributed by atoms with van der Waals surface area (Å²) in [5.74, 6) is 0. The predicted molar refractivity (Wildman–Crippen MR) is 89.7 cm³/mol. The van der Waals surface area contributed by atoms with Gasteiger partial charge in [-0.2, -0.15) is 0 Å². The third-order valence-corrected chi connectivity index (χ3v) is 3.97. The predicted octanol–water partition coefficient (Wildman–Crippen LogP) is 3.94. The quantitative estimate of drug-likeness (QED) is 0.622. The van der Waals surface area contributed by atoms with Crippen LogP contribution in [0.15, 0.2) is 77.6 Å². The van der Waals surface area contributed by atoms with Gasteiger partial charge in [-0.15, -0.1) is 0 Å². The molecule has 2 aromatic heterocycles. The van der Waals surface area contributed by atoms with E-state index in [4.69, 9.17) is 10.3 Å². The van der Waals surface area contributed by atoms with E-state index in [1.807, 2.05) is 42.5 Å². The lowest BCUT2D eigenvalue weighted by atomic mass is 10.0. The van der Waals surface area contributed by atoms with Crippen molar-refractivity contribution < 1.29 is 4.52 Å². The maximum atomic E-state index is 6.33. The first kappa shape index (κ1) is 13.7. The van der Waals surface area contributed by atoms with Crippen LogP contribution in [0.4, 0.5) is 0 Å². The van der Waals surface area contributed by atoms with E-state index in [1.54, 1.807) is 12.4 Å². The average Bonchev–Trinajstić information content (AvgIpc) is 3.05. The zero-order valence-corrected chi connectivity index (χ0v) is 12.4. The second-order valence-corrected chi connectivity index (χ2v) is 5.40. The molecule has 112 valence electrons. The molecule has 0 bridgehead atoms. The maximum absolute atomic E-state index is 6.33. The molecule has 0 aliphatic heterocycles. The molecule has 2 heterocycles. The summed E-state index contributed by atoms with van der Waals surface area (Å²) in [6.07, 6.45) is 3.45. The second-order valence-electron chi connectivity index (χ2n) is 5.40. The molecular formula is C19H15N3O. The lowest BCUT2D eigenvalue weighted by molar-refractivity contribution is 0.442. The largest absolute Gasteiger partial charge is 0.356 e. The van der Waals surface area contributed by atoms with Gasteiger partial charge in [0.15, 0.2) is 5.58 Å². The Labute approximate surface area is 133 Å². The van der Waals surface area contributed by atoms with E-state index in [2.05, 4.69) is 28.3 Å². The third-order valence-electron chi connectivity index (χ3n) is 3.97. The minimum atomic E-state index is -0.332. The van der Waals surface area contributed by atoms with Crippen molar-refractivity contribution in [3.63, 3.8) is 0 Å². The van der Waals surface area contributed by atoms with Crippen molar-refractivity contribution in [2.75, 3.05) is 0 Å². The highest BCUT2D eigenvalue weighted by Gasteiger charge is 2.17. The fourth-order valence-corrected chi connectivity index (χ4v) is 2.72. The monoisotopic (exact) mass is 301 g/mol. The first-order valence-corrected chi connectivity index (χ1v) is 7.43. The van der Waals surface area contributed by atoms with Crippen LogP contribution < -0.4 is 5.73 Å². The molecule has 4 aromatic rings. The molecule has 4 nitrogen and oxygen atoms in total. The van der Waals surface area contributed by atoms with Gasteiger partial charge in [0.1, 0.15) is 5.69 Å². The van der Waals surface area contributed by atoms with Gasteiger partial charge in [0.05, 0.1) is 6.04 Å². The van der Waals surface area contributed by atoms with Gasteiger partial charge in [-0.1, -0.05) is 41.6 Å². The van der Waals surface area contributed by atoms with Gasteiger partial charge in [0.25, 0.3) is 0 Å². The van der Waals surface area contributed by atoms with Crippen LogP contribution in [0.3, 0.4) is 0 Å². The fourth-order valence-electron chi connectivity index (χ4n) is 2.72. The molecule has 0 fully saturated rings. The second kappa shape index (κ2) is 5.66. The summed E-state index contributed by atoms with van der Waals surface area (Å²) in [6.45, 7) is 0. The molecule has 0 aliphatic carbocycles. The number of fused-ring (bicyclic) bond motifs is 1. The Morgan fingerprint density at radius 2 is 1.65 bits per heavy atom. The fraction of sp³-hybridized carbons (Fsp3) is 0.0526. The van der Waals surface area contributed by atoms with E-state index < -0.39 is 0 Å². The van der Waals surface area contributed by atoms with Gasteiger partial charge >= 0.3 is 0 Å². The highest BCUT2D eigenvalue weighted by Crippen LogP contribution is 2.30. The number of nitrogens with zero attached hydrogens (tertiary/aromatic N) is 2. The van der Waals surface area contributed by atoms with Crippen molar-refractivity contribution in [1.29, 1.82) is 0 Å². The summed E-state index contributed by atoms with van der Waals surface area (Å²) < 4.78 is 5.51. The summed E-state index contributed by atoms with van der Waals surface area (Å²) in [5, 5.41) is 5.12. The Kier molecular flexibility index (Phi) is 3.37. The standard InChI is InChI=1S/C19H15N3O/c20-18(14-8-10-21-11-9-14)19-16-7-6-15(12-17(16)23-22-19)13-4-2-1-3-5-13/h1-12,18H,20H2. The van der Waals surface area contributed by atoms with E-state index in [1.165, 1.54) is 0 Å². The van der Waals surface area contributed by atoms with Gasteiger partial charge in [-0.05, 0) is 41.0 Å². The van der Waals surface area contributed by atoms with Crippen LogP contribution in [0.5, 0.6) is 0 Å².